The summed E-state index contributed by atoms with van der Waals surface area (Å²) in [6.45, 7) is 1.94. The summed E-state index contributed by atoms with van der Waals surface area (Å²) < 4.78 is 0. The van der Waals surface area contributed by atoms with Crippen LogP contribution in [0.15, 0.2) is 18.2 Å². The van der Waals surface area contributed by atoms with Crippen molar-refractivity contribution in [2.45, 2.75) is 57.0 Å². The number of anilines is 1. The van der Waals surface area contributed by atoms with E-state index in [1.54, 1.807) is 18.2 Å². The molecule has 24 heavy (non-hydrogen) atoms. The van der Waals surface area contributed by atoms with Crippen LogP contribution in [0.3, 0.4) is 0 Å². The molecular formula is C18H24ClN3O2. The predicted octanol–water partition coefficient (Wildman–Crippen LogP) is 3.08. The Kier molecular flexibility index (Phi) is 4.83. The lowest BCUT2D eigenvalue weighted by Gasteiger charge is -2.37. The van der Waals surface area contributed by atoms with Crippen LogP contribution in [0.2, 0.25) is 5.02 Å². The molecule has 2 saturated carbocycles. The Morgan fingerprint density at radius 1 is 1.25 bits per heavy atom. The van der Waals surface area contributed by atoms with Gasteiger partial charge in [0.2, 0.25) is 5.91 Å². The normalized spacial score (nSPS) is 26.7. The molecule has 1 aromatic carbocycles. The van der Waals surface area contributed by atoms with E-state index >= 15 is 0 Å². The van der Waals surface area contributed by atoms with Crippen LogP contribution in [0.1, 0.15) is 55.8 Å². The molecule has 5 nitrogen and oxygen atoms in total. The lowest BCUT2D eigenvalue weighted by Crippen LogP contribution is -2.51. The van der Waals surface area contributed by atoms with Crippen molar-refractivity contribution in [3.05, 3.63) is 28.8 Å². The minimum atomic E-state index is -0.485. The number of amides is 2. The highest BCUT2D eigenvalue weighted by Gasteiger charge is 2.37. The Hall–Kier alpha value is -1.59. The zero-order valence-electron chi connectivity index (χ0n) is 13.9. The van der Waals surface area contributed by atoms with Crippen LogP contribution in [-0.4, -0.2) is 23.4 Å². The summed E-state index contributed by atoms with van der Waals surface area (Å²) in [5.41, 5.74) is 6.77. The molecule has 0 spiro atoms. The van der Waals surface area contributed by atoms with E-state index in [9.17, 15) is 9.59 Å². The van der Waals surface area contributed by atoms with Crippen molar-refractivity contribution >= 4 is 29.1 Å². The lowest BCUT2D eigenvalue weighted by molar-refractivity contribution is -0.122. The number of benzene rings is 1. The number of hydrogen-bond acceptors (Lipinski definition) is 3. The van der Waals surface area contributed by atoms with Crippen LogP contribution in [0.4, 0.5) is 5.69 Å². The van der Waals surface area contributed by atoms with E-state index in [0.717, 1.165) is 38.5 Å². The number of carbonyl (C=O) groups is 2. The minimum Gasteiger partial charge on any atom is -0.349 e. The van der Waals surface area contributed by atoms with Crippen molar-refractivity contribution in [2.75, 3.05) is 5.32 Å². The topological polar surface area (TPSA) is 84.2 Å². The van der Waals surface area contributed by atoms with Crippen molar-refractivity contribution < 1.29 is 9.59 Å². The van der Waals surface area contributed by atoms with E-state index in [1.165, 1.54) is 0 Å². The second kappa shape index (κ2) is 6.73. The van der Waals surface area contributed by atoms with Gasteiger partial charge in [0.15, 0.2) is 0 Å². The Bertz CT molecular complexity index is 656. The van der Waals surface area contributed by atoms with E-state index in [0.29, 0.717) is 16.3 Å². The van der Waals surface area contributed by atoms with Crippen molar-refractivity contribution in [2.24, 2.45) is 11.7 Å². The van der Waals surface area contributed by atoms with Crippen molar-refractivity contribution in [3.63, 3.8) is 0 Å². The first-order valence-electron chi connectivity index (χ1n) is 8.57. The summed E-state index contributed by atoms with van der Waals surface area (Å²) in [5.74, 6) is -0.499. The molecular weight excluding hydrogens is 326 g/mol. The lowest BCUT2D eigenvalue weighted by atomic mass is 9.74. The van der Waals surface area contributed by atoms with Gasteiger partial charge in [-0.25, -0.2) is 0 Å². The summed E-state index contributed by atoms with van der Waals surface area (Å²) in [5, 5.41) is 6.19. The van der Waals surface area contributed by atoms with Gasteiger partial charge in [-0.1, -0.05) is 24.4 Å². The maximum atomic E-state index is 12.6. The van der Waals surface area contributed by atoms with Crippen LogP contribution in [0.25, 0.3) is 0 Å². The number of carbonyl (C=O) groups excluding carboxylic acids is 2. The predicted molar refractivity (Wildman–Crippen MR) is 95.1 cm³/mol. The van der Waals surface area contributed by atoms with Gasteiger partial charge in [-0.3, -0.25) is 9.59 Å². The first-order valence-corrected chi connectivity index (χ1v) is 8.95. The molecule has 2 unspecified atom stereocenters. The minimum absolute atomic E-state index is 0.0874. The van der Waals surface area contributed by atoms with Crippen LogP contribution in [0, 0.1) is 5.92 Å². The SMILES string of the molecule is CC1(N)CCCCC1C(=O)Nc1ccc(Cl)c(C(=O)NC2CC2)c1. The first-order chi connectivity index (χ1) is 11.4. The highest BCUT2D eigenvalue weighted by Crippen LogP contribution is 2.33. The van der Waals surface area contributed by atoms with Gasteiger partial charge >= 0.3 is 0 Å². The Morgan fingerprint density at radius 2 is 2.00 bits per heavy atom. The highest BCUT2D eigenvalue weighted by molar-refractivity contribution is 6.34. The Balaban J connectivity index is 1.72. The number of nitrogens with one attached hydrogen (secondary N) is 2. The third-order valence-electron chi connectivity index (χ3n) is 4.96. The highest BCUT2D eigenvalue weighted by atomic mass is 35.5. The van der Waals surface area contributed by atoms with Crippen LogP contribution < -0.4 is 16.4 Å². The third kappa shape index (κ3) is 3.90. The van der Waals surface area contributed by atoms with E-state index in [2.05, 4.69) is 10.6 Å². The summed E-state index contributed by atoms with van der Waals surface area (Å²) in [7, 11) is 0. The van der Waals surface area contributed by atoms with Gasteiger partial charge in [-0.15, -0.1) is 0 Å². The summed E-state index contributed by atoms with van der Waals surface area (Å²) in [6.07, 6.45) is 5.74. The number of rotatable bonds is 4. The zero-order valence-corrected chi connectivity index (χ0v) is 14.7. The van der Waals surface area contributed by atoms with Gasteiger partial charge in [0.1, 0.15) is 0 Å². The molecule has 0 heterocycles. The van der Waals surface area contributed by atoms with Crippen molar-refractivity contribution in [3.8, 4) is 0 Å². The van der Waals surface area contributed by atoms with Gasteiger partial charge in [0.25, 0.3) is 5.91 Å². The molecule has 2 aliphatic rings. The van der Waals surface area contributed by atoms with E-state index in [4.69, 9.17) is 17.3 Å². The number of hydrogen-bond donors (Lipinski definition) is 3. The first kappa shape index (κ1) is 17.2. The number of halogens is 1. The second-order valence-corrected chi connectivity index (χ2v) is 7.64. The molecule has 2 aliphatic carbocycles. The van der Waals surface area contributed by atoms with Crippen LogP contribution in [0.5, 0.6) is 0 Å². The average molecular weight is 350 g/mol. The molecule has 2 atom stereocenters. The molecule has 0 aliphatic heterocycles. The Labute approximate surface area is 147 Å². The molecule has 0 radical (unpaired) electrons. The summed E-state index contributed by atoms with van der Waals surface area (Å²) in [4.78, 5) is 24.8. The summed E-state index contributed by atoms with van der Waals surface area (Å²) >= 11 is 6.13. The zero-order chi connectivity index (χ0) is 17.3. The maximum Gasteiger partial charge on any atom is 0.253 e. The smallest absolute Gasteiger partial charge is 0.253 e. The van der Waals surface area contributed by atoms with Crippen molar-refractivity contribution in [1.82, 2.24) is 5.32 Å². The molecule has 130 valence electrons. The third-order valence-corrected chi connectivity index (χ3v) is 5.29. The number of nitrogens with two attached hydrogens (primary N) is 1. The quantitative estimate of drug-likeness (QED) is 0.781. The Morgan fingerprint density at radius 3 is 2.67 bits per heavy atom. The van der Waals surface area contributed by atoms with Gasteiger partial charge in [-0.05, 0) is 50.8 Å². The molecule has 4 N–H and O–H groups in total. The van der Waals surface area contributed by atoms with Gasteiger partial charge < -0.3 is 16.4 Å². The largest absolute Gasteiger partial charge is 0.349 e. The average Bonchev–Trinajstić information content (AvgIpc) is 3.32. The van der Waals surface area contributed by atoms with Crippen LogP contribution >= 0.6 is 11.6 Å². The molecule has 0 aromatic heterocycles. The summed E-state index contributed by atoms with van der Waals surface area (Å²) in [6, 6.07) is 5.24. The van der Waals surface area contributed by atoms with Gasteiger partial charge in [-0.2, -0.15) is 0 Å². The molecule has 3 rings (SSSR count). The maximum absolute atomic E-state index is 12.6. The molecule has 2 fully saturated rings. The van der Waals surface area contributed by atoms with E-state index in [-0.39, 0.29) is 23.8 Å². The standard InChI is InChI=1S/C18H24ClN3O2/c1-18(20)9-3-2-4-14(18)17(24)22-12-7-8-15(19)13(10-12)16(23)21-11-5-6-11/h7-8,10-11,14H,2-6,9,20H2,1H3,(H,21,23)(H,22,24). The van der Waals surface area contributed by atoms with Gasteiger partial charge in [0, 0.05) is 17.3 Å². The molecule has 0 bridgehead atoms. The second-order valence-electron chi connectivity index (χ2n) is 7.24. The molecule has 0 saturated heterocycles. The monoisotopic (exact) mass is 349 g/mol. The fourth-order valence-electron chi connectivity index (χ4n) is 3.29. The van der Waals surface area contributed by atoms with Gasteiger partial charge in [0.05, 0.1) is 16.5 Å². The van der Waals surface area contributed by atoms with Crippen LogP contribution in [-0.2, 0) is 4.79 Å². The van der Waals surface area contributed by atoms with E-state index < -0.39 is 5.54 Å². The van der Waals surface area contributed by atoms with E-state index in [1.807, 2.05) is 6.92 Å². The molecule has 6 heteroatoms. The van der Waals surface area contributed by atoms with Crippen molar-refractivity contribution in [1.29, 1.82) is 0 Å². The fraction of sp³-hybridized carbons (Fsp3) is 0.556. The molecule has 2 amide bonds. The fourth-order valence-corrected chi connectivity index (χ4v) is 3.49. The molecule has 1 aromatic rings.